The largest absolute Gasteiger partial charge is 0.467 e. The third-order valence-corrected chi connectivity index (χ3v) is 5.26. The summed E-state index contributed by atoms with van der Waals surface area (Å²) >= 11 is 12.0. The Morgan fingerprint density at radius 3 is 2.59 bits per heavy atom. The van der Waals surface area contributed by atoms with Gasteiger partial charge in [0.15, 0.2) is 0 Å². The van der Waals surface area contributed by atoms with Gasteiger partial charge in [-0.2, -0.15) is 9.97 Å². The summed E-state index contributed by atoms with van der Waals surface area (Å²) in [6.45, 7) is 3.02. The van der Waals surface area contributed by atoms with Gasteiger partial charge < -0.3 is 20.7 Å². The number of likely N-dealkylation sites (tertiary alicyclic amines) is 1. The average Bonchev–Trinajstić information content (AvgIpc) is 2.66. The number of nitrogens with one attached hydrogen (secondary N) is 1. The second-order valence-corrected chi connectivity index (χ2v) is 7.23. The SMILES string of the molecule is COc1nc(Nc2ccc(Cl)c(Cl)c2)c(C)c(C(=O)N2CCC(N)CC2)n1. The van der Waals surface area contributed by atoms with Crippen molar-refractivity contribution >= 4 is 40.6 Å². The Balaban J connectivity index is 1.92. The molecule has 0 spiro atoms. The molecule has 1 aliphatic heterocycles. The third kappa shape index (κ3) is 4.43. The Morgan fingerprint density at radius 2 is 1.96 bits per heavy atom. The molecule has 1 aromatic carbocycles. The fourth-order valence-corrected chi connectivity index (χ4v) is 3.18. The normalized spacial score (nSPS) is 14.9. The number of amides is 1. The van der Waals surface area contributed by atoms with Crippen molar-refractivity contribution in [3.8, 4) is 6.01 Å². The van der Waals surface area contributed by atoms with Gasteiger partial charge in [0, 0.05) is 30.4 Å². The summed E-state index contributed by atoms with van der Waals surface area (Å²) < 4.78 is 5.19. The topological polar surface area (TPSA) is 93.4 Å². The van der Waals surface area contributed by atoms with Crippen LogP contribution in [-0.2, 0) is 0 Å². The number of hydrogen-bond donors (Lipinski definition) is 2. The van der Waals surface area contributed by atoms with Crippen molar-refractivity contribution in [2.75, 3.05) is 25.5 Å². The molecule has 7 nitrogen and oxygen atoms in total. The van der Waals surface area contributed by atoms with Gasteiger partial charge in [-0.3, -0.25) is 4.79 Å². The lowest BCUT2D eigenvalue weighted by atomic mass is 10.1. The molecule has 0 radical (unpaired) electrons. The van der Waals surface area contributed by atoms with Gasteiger partial charge in [-0.05, 0) is 38.0 Å². The fourth-order valence-electron chi connectivity index (χ4n) is 2.88. The highest BCUT2D eigenvalue weighted by atomic mass is 35.5. The van der Waals surface area contributed by atoms with E-state index in [1.165, 1.54) is 7.11 Å². The Morgan fingerprint density at radius 1 is 1.26 bits per heavy atom. The first kappa shape index (κ1) is 19.7. The first-order valence-corrected chi connectivity index (χ1v) is 9.34. The van der Waals surface area contributed by atoms with Crippen LogP contribution in [0.5, 0.6) is 6.01 Å². The molecule has 0 unspecified atom stereocenters. The molecule has 2 aromatic rings. The van der Waals surface area contributed by atoms with Gasteiger partial charge in [-0.25, -0.2) is 0 Å². The Labute approximate surface area is 167 Å². The van der Waals surface area contributed by atoms with Crippen LogP contribution in [0.4, 0.5) is 11.5 Å². The quantitative estimate of drug-likeness (QED) is 0.803. The summed E-state index contributed by atoms with van der Waals surface area (Å²) in [6.07, 6.45) is 1.56. The maximum absolute atomic E-state index is 13.0. The summed E-state index contributed by atoms with van der Waals surface area (Å²) in [7, 11) is 1.46. The van der Waals surface area contributed by atoms with Gasteiger partial charge in [-0.15, -0.1) is 0 Å². The highest BCUT2D eigenvalue weighted by Gasteiger charge is 2.26. The lowest BCUT2D eigenvalue weighted by molar-refractivity contribution is 0.0706. The first-order valence-electron chi connectivity index (χ1n) is 8.58. The number of carbonyl (C=O) groups excluding carboxylic acids is 1. The predicted octanol–water partition coefficient (Wildman–Crippen LogP) is 3.41. The number of benzene rings is 1. The molecule has 3 N–H and O–H groups in total. The lowest BCUT2D eigenvalue weighted by Crippen LogP contribution is -2.43. The number of rotatable bonds is 4. The van der Waals surface area contributed by atoms with Crippen molar-refractivity contribution in [1.82, 2.24) is 14.9 Å². The number of halogens is 2. The van der Waals surface area contributed by atoms with E-state index in [2.05, 4.69) is 15.3 Å². The van der Waals surface area contributed by atoms with Crippen molar-refractivity contribution < 1.29 is 9.53 Å². The van der Waals surface area contributed by atoms with Crippen LogP contribution in [0.15, 0.2) is 18.2 Å². The highest BCUT2D eigenvalue weighted by Crippen LogP contribution is 2.29. The molecule has 0 bridgehead atoms. The number of piperidine rings is 1. The molecule has 9 heteroatoms. The smallest absolute Gasteiger partial charge is 0.318 e. The van der Waals surface area contributed by atoms with Gasteiger partial charge in [0.1, 0.15) is 11.5 Å². The first-order chi connectivity index (χ1) is 12.9. The van der Waals surface area contributed by atoms with Crippen LogP contribution < -0.4 is 15.8 Å². The van der Waals surface area contributed by atoms with Crippen molar-refractivity contribution in [2.24, 2.45) is 5.73 Å². The summed E-state index contributed by atoms with van der Waals surface area (Å²) in [6, 6.07) is 5.40. The van der Waals surface area contributed by atoms with E-state index in [0.29, 0.717) is 45.9 Å². The number of nitrogens with zero attached hydrogens (tertiary/aromatic N) is 3. The predicted molar refractivity (Wildman–Crippen MR) is 106 cm³/mol. The molecular formula is C18H21Cl2N5O2. The molecule has 0 atom stereocenters. The van der Waals surface area contributed by atoms with E-state index < -0.39 is 0 Å². The molecule has 27 heavy (non-hydrogen) atoms. The number of nitrogens with two attached hydrogens (primary N) is 1. The Kier molecular flexibility index (Phi) is 6.04. The molecule has 144 valence electrons. The number of aromatic nitrogens is 2. The van der Waals surface area contributed by atoms with Crippen LogP contribution in [0, 0.1) is 6.92 Å². The van der Waals surface area contributed by atoms with Gasteiger partial charge in [0.25, 0.3) is 5.91 Å². The molecule has 0 saturated carbocycles. The molecule has 0 aliphatic carbocycles. The van der Waals surface area contributed by atoms with Gasteiger partial charge in [-0.1, -0.05) is 23.2 Å². The van der Waals surface area contributed by atoms with Crippen molar-refractivity contribution in [1.29, 1.82) is 0 Å². The van der Waals surface area contributed by atoms with Crippen LogP contribution >= 0.6 is 23.2 Å². The van der Waals surface area contributed by atoms with Crippen LogP contribution in [0.25, 0.3) is 0 Å². The minimum atomic E-state index is -0.155. The number of ether oxygens (including phenoxy) is 1. The zero-order chi connectivity index (χ0) is 19.6. The summed E-state index contributed by atoms with van der Waals surface area (Å²) in [5, 5.41) is 4.03. The molecule has 3 rings (SSSR count). The number of methoxy groups -OCH3 is 1. The van der Waals surface area contributed by atoms with Crippen molar-refractivity contribution in [2.45, 2.75) is 25.8 Å². The third-order valence-electron chi connectivity index (χ3n) is 4.52. The zero-order valence-electron chi connectivity index (χ0n) is 15.1. The molecular weight excluding hydrogens is 389 g/mol. The molecule has 1 saturated heterocycles. The van der Waals surface area contributed by atoms with Crippen molar-refractivity contribution in [3.63, 3.8) is 0 Å². The molecule has 2 heterocycles. The van der Waals surface area contributed by atoms with E-state index in [1.54, 1.807) is 30.0 Å². The summed E-state index contributed by atoms with van der Waals surface area (Å²) in [4.78, 5) is 23.3. The van der Waals surface area contributed by atoms with Gasteiger partial charge >= 0.3 is 6.01 Å². The van der Waals surface area contributed by atoms with Crippen LogP contribution in [0.3, 0.4) is 0 Å². The number of hydrogen-bond acceptors (Lipinski definition) is 6. The Bertz CT molecular complexity index is 854. The standard InChI is InChI=1S/C18H21Cl2N5O2/c1-10-15(17(26)25-7-5-11(21)6-8-25)23-18(27-2)24-16(10)22-12-3-4-13(19)14(20)9-12/h3-4,9,11H,5-8,21H2,1-2H3,(H,22,23,24). The monoisotopic (exact) mass is 409 g/mol. The van der Waals surface area contributed by atoms with E-state index in [0.717, 1.165) is 12.8 Å². The minimum absolute atomic E-state index is 0.111. The second-order valence-electron chi connectivity index (χ2n) is 6.42. The van der Waals surface area contributed by atoms with E-state index in [9.17, 15) is 4.79 Å². The molecule has 1 aliphatic rings. The van der Waals surface area contributed by atoms with E-state index >= 15 is 0 Å². The average molecular weight is 410 g/mol. The van der Waals surface area contributed by atoms with E-state index in [-0.39, 0.29) is 18.0 Å². The lowest BCUT2D eigenvalue weighted by Gasteiger charge is -2.30. The zero-order valence-corrected chi connectivity index (χ0v) is 16.6. The highest BCUT2D eigenvalue weighted by molar-refractivity contribution is 6.42. The van der Waals surface area contributed by atoms with Crippen LogP contribution in [-0.4, -0.2) is 47.0 Å². The number of carbonyl (C=O) groups is 1. The van der Waals surface area contributed by atoms with E-state index in [1.807, 2.05) is 0 Å². The maximum atomic E-state index is 13.0. The van der Waals surface area contributed by atoms with Crippen LogP contribution in [0.1, 0.15) is 28.9 Å². The van der Waals surface area contributed by atoms with Crippen LogP contribution in [0.2, 0.25) is 10.0 Å². The van der Waals surface area contributed by atoms with Gasteiger partial charge in [0.05, 0.1) is 17.2 Å². The van der Waals surface area contributed by atoms with E-state index in [4.69, 9.17) is 33.7 Å². The minimum Gasteiger partial charge on any atom is -0.467 e. The number of anilines is 2. The molecule has 1 fully saturated rings. The summed E-state index contributed by atoms with van der Waals surface area (Å²) in [5.41, 5.74) is 7.55. The Hall–Kier alpha value is -2.09. The second kappa shape index (κ2) is 8.29. The fraction of sp³-hybridized carbons (Fsp3) is 0.389. The maximum Gasteiger partial charge on any atom is 0.318 e. The molecule has 1 amide bonds. The van der Waals surface area contributed by atoms with Crippen molar-refractivity contribution in [3.05, 3.63) is 39.5 Å². The molecule has 1 aromatic heterocycles. The van der Waals surface area contributed by atoms with Gasteiger partial charge in [0.2, 0.25) is 0 Å². The summed E-state index contributed by atoms with van der Waals surface area (Å²) in [5.74, 6) is 0.314.